The molecule has 0 aliphatic rings. The molecule has 0 saturated carbocycles. The Morgan fingerprint density at radius 1 is 1.09 bits per heavy atom. The van der Waals surface area contributed by atoms with Crippen molar-refractivity contribution in [1.29, 1.82) is 0 Å². The molecule has 3 aromatic rings. The van der Waals surface area contributed by atoms with Crippen molar-refractivity contribution in [2.75, 3.05) is 10.7 Å². The molecular weight excluding hydrogens is 448 g/mol. The van der Waals surface area contributed by atoms with Crippen LogP contribution < -0.4 is 4.90 Å². The van der Waals surface area contributed by atoms with E-state index in [0.29, 0.717) is 10.8 Å². The Bertz CT molecular complexity index is 1260. The highest BCUT2D eigenvalue weighted by Gasteiger charge is 2.23. The highest BCUT2D eigenvalue weighted by Crippen LogP contribution is 2.32. The monoisotopic (exact) mass is 472 g/mol. The van der Waals surface area contributed by atoms with Crippen LogP contribution in [0.2, 0.25) is 0 Å². The number of rotatable bonds is 7. The topological polar surface area (TPSA) is 93.6 Å². The van der Waals surface area contributed by atoms with Crippen LogP contribution in [0.5, 0.6) is 0 Å². The number of hydrogen-bond donors (Lipinski definition) is 0. The Hall–Kier alpha value is -3.04. The van der Waals surface area contributed by atoms with Gasteiger partial charge in [-0.05, 0) is 43.2 Å². The number of sulfone groups is 1. The molecule has 7 nitrogen and oxygen atoms in total. The molecule has 0 bridgehead atoms. The van der Waals surface area contributed by atoms with Crippen molar-refractivity contribution in [3.8, 4) is 0 Å². The molecule has 0 saturated heterocycles. The second-order valence-corrected chi connectivity index (χ2v) is 10.3. The maximum absolute atomic E-state index is 12.6. The zero-order chi connectivity index (χ0) is 23.5. The second-order valence-electron chi connectivity index (χ2n) is 7.17. The third-order valence-corrected chi connectivity index (χ3v) is 7.70. The van der Waals surface area contributed by atoms with Gasteiger partial charge in [-0.1, -0.05) is 31.2 Å². The highest BCUT2D eigenvalue weighted by atomic mass is 32.2. The maximum Gasteiger partial charge on any atom is 0.339 e. The molecule has 1 aromatic heterocycles. The normalized spacial score (nSPS) is 11.2. The summed E-state index contributed by atoms with van der Waals surface area (Å²) in [5, 5.41) is 2.17. The predicted molar refractivity (Wildman–Crippen MR) is 124 cm³/mol. The molecule has 32 heavy (non-hydrogen) atoms. The first-order valence-corrected chi connectivity index (χ1v) is 12.5. The lowest BCUT2D eigenvalue weighted by atomic mass is 10.1. The number of benzene rings is 2. The summed E-state index contributed by atoms with van der Waals surface area (Å²) in [5.41, 5.74) is 3.23. The number of nitrogens with zero attached hydrogens (tertiary/aromatic N) is 2. The van der Waals surface area contributed by atoms with E-state index in [0.717, 1.165) is 16.8 Å². The quantitative estimate of drug-likeness (QED) is 0.467. The largest absolute Gasteiger partial charge is 0.456 e. The summed E-state index contributed by atoms with van der Waals surface area (Å²) in [6.45, 7) is 6.76. The molecule has 3 rings (SSSR count). The van der Waals surface area contributed by atoms with Crippen molar-refractivity contribution in [2.24, 2.45) is 0 Å². The van der Waals surface area contributed by atoms with E-state index in [-0.39, 0.29) is 28.7 Å². The SMILES string of the molecule is CCS(=O)(=O)c1ccccc1C(=O)OCc1csc(N(C(C)=O)c2cccc(C)c2C)n1. The number of ether oxygens (including phenoxy) is 1. The molecule has 0 radical (unpaired) electrons. The van der Waals surface area contributed by atoms with Crippen LogP contribution in [-0.2, 0) is 26.0 Å². The number of hydrogen-bond acceptors (Lipinski definition) is 7. The number of amides is 1. The standard InChI is InChI=1S/C23H24N2O5S2/c1-5-32(28,29)21-12-7-6-10-19(21)22(27)30-13-18-14-31-23(24-18)25(17(4)26)20-11-8-9-15(2)16(20)3/h6-12,14H,5,13H2,1-4H3. The van der Waals surface area contributed by atoms with Gasteiger partial charge in [0.1, 0.15) is 6.61 Å². The van der Waals surface area contributed by atoms with Crippen molar-refractivity contribution in [3.63, 3.8) is 0 Å². The van der Waals surface area contributed by atoms with Crippen LogP contribution in [0.1, 0.15) is 41.0 Å². The van der Waals surface area contributed by atoms with Gasteiger partial charge < -0.3 is 4.74 Å². The molecule has 0 atom stereocenters. The summed E-state index contributed by atoms with van der Waals surface area (Å²) in [5.74, 6) is -1.05. The minimum atomic E-state index is -3.57. The summed E-state index contributed by atoms with van der Waals surface area (Å²) in [4.78, 5) is 30.9. The van der Waals surface area contributed by atoms with Crippen LogP contribution in [0.25, 0.3) is 0 Å². The van der Waals surface area contributed by atoms with Crippen LogP contribution in [0.4, 0.5) is 10.8 Å². The van der Waals surface area contributed by atoms with Crippen LogP contribution in [0.15, 0.2) is 52.7 Å². The fourth-order valence-electron chi connectivity index (χ4n) is 3.13. The minimum absolute atomic E-state index is 0.00875. The lowest BCUT2D eigenvalue weighted by molar-refractivity contribution is -0.115. The number of thiazole rings is 1. The van der Waals surface area contributed by atoms with Gasteiger partial charge in [-0.15, -0.1) is 11.3 Å². The van der Waals surface area contributed by atoms with Crippen molar-refractivity contribution in [2.45, 2.75) is 39.2 Å². The number of anilines is 2. The van der Waals surface area contributed by atoms with Crippen molar-refractivity contribution in [1.82, 2.24) is 4.98 Å². The van der Waals surface area contributed by atoms with Gasteiger partial charge in [-0.25, -0.2) is 18.2 Å². The molecule has 0 aliphatic heterocycles. The number of aromatic nitrogens is 1. The molecule has 0 fully saturated rings. The van der Waals surface area contributed by atoms with E-state index in [9.17, 15) is 18.0 Å². The Morgan fingerprint density at radius 3 is 2.50 bits per heavy atom. The van der Waals surface area contributed by atoms with Gasteiger partial charge in [0, 0.05) is 12.3 Å². The molecule has 2 aromatic carbocycles. The Kier molecular flexibility index (Phi) is 7.10. The third-order valence-electron chi connectivity index (χ3n) is 5.04. The smallest absolute Gasteiger partial charge is 0.339 e. The van der Waals surface area contributed by atoms with E-state index in [1.54, 1.807) is 17.5 Å². The zero-order valence-electron chi connectivity index (χ0n) is 18.3. The molecule has 0 N–H and O–H groups in total. The van der Waals surface area contributed by atoms with E-state index >= 15 is 0 Å². The Labute approximate surface area is 191 Å². The van der Waals surface area contributed by atoms with Crippen LogP contribution in [0, 0.1) is 13.8 Å². The van der Waals surface area contributed by atoms with E-state index in [2.05, 4.69) is 4.98 Å². The van der Waals surface area contributed by atoms with Crippen LogP contribution in [-0.4, -0.2) is 31.0 Å². The maximum atomic E-state index is 12.6. The van der Waals surface area contributed by atoms with Crippen molar-refractivity contribution in [3.05, 3.63) is 70.2 Å². The van der Waals surface area contributed by atoms with Gasteiger partial charge in [0.15, 0.2) is 15.0 Å². The summed E-state index contributed by atoms with van der Waals surface area (Å²) in [7, 11) is -3.57. The third kappa shape index (κ3) is 4.89. The summed E-state index contributed by atoms with van der Waals surface area (Å²) in [6, 6.07) is 11.7. The van der Waals surface area contributed by atoms with Gasteiger partial charge in [0.05, 0.1) is 27.6 Å². The Morgan fingerprint density at radius 2 is 1.81 bits per heavy atom. The number of esters is 1. The van der Waals surface area contributed by atoms with Crippen LogP contribution >= 0.6 is 11.3 Å². The number of aryl methyl sites for hydroxylation is 1. The number of carbonyl (C=O) groups is 2. The van der Waals surface area contributed by atoms with E-state index in [1.165, 1.54) is 42.2 Å². The van der Waals surface area contributed by atoms with Gasteiger partial charge in [-0.2, -0.15) is 0 Å². The molecule has 0 unspecified atom stereocenters. The van der Waals surface area contributed by atoms with Crippen LogP contribution in [0.3, 0.4) is 0 Å². The summed E-state index contributed by atoms with van der Waals surface area (Å²) >= 11 is 1.26. The molecule has 9 heteroatoms. The van der Waals surface area contributed by atoms with Gasteiger partial charge in [0.2, 0.25) is 5.91 Å². The van der Waals surface area contributed by atoms with E-state index in [4.69, 9.17) is 4.74 Å². The van der Waals surface area contributed by atoms with Crippen molar-refractivity contribution >= 4 is 43.9 Å². The first-order chi connectivity index (χ1) is 15.2. The zero-order valence-corrected chi connectivity index (χ0v) is 19.9. The van der Waals surface area contributed by atoms with E-state index < -0.39 is 15.8 Å². The fourth-order valence-corrected chi connectivity index (χ4v) is 5.08. The molecule has 1 amide bonds. The summed E-state index contributed by atoms with van der Waals surface area (Å²) < 4.78 is 29.9. The Balaban J connectivity index is 1.81. The fraction of sp³-hybridized carbons (Fsp3) is 0.261. The summed E-state index contributed by atoms with van der Waals surface area (Å²) in [6.07, 6.45) is 0. The molecular formula is C23H24N2O5S2. The second kappa shape index (κ2) is 9.62. The number of carbonyl (C=O) groups excluding carboxylic acids is 2. The molecule has 0 spiro atoms. The first-order valence-electron chi connectivity index (χ1n) is 9.96. The predicted octanol–water partition coefficient (Wildman–Crippen LogP) is 4.60. The minimum Gasteiger partial charge on any atom is -0.456 e. The van der Waals surface area contributed by atoms with Gasteiger partial charge >= 0.3 is 5.97 Å². The van der Waals surface area contributed by atoms with Gasteiger partial charge in [0.25, 0.3) is 0 Å². The van der Waals surface area contributed by atoms with E-state index in [1.807, 2.05) is 32.0 Å². The first kappa shape index (κ1) is 23.6. The average molecular weight is 473 g/mol. The van der Waals surface area contributed by atoms with Crippen molar-refractivity contribution < 1.29 is 22.7 Å². The molecule has 0 aliphatic carbocycles. The molecule has 1 heterocycles. The molecule has 168 valence electrons. The lowest BCUT2D eigenvalue weighted by Gasteiger charge is -2.21. The highest BCUT2D eigenvalue weighted by molar-refractivity contribution is 7.91. The average Bonchev–Trinajstić information content (AvgIpc) is 3.23. The lowest BCUT2D eigenvalue weighted by Crippen LogP contribution is -2.23. The van der Waals surface area contributed by atoms with Gasteiger partial charge in [-0.3, -0.25) is 9.69 Å².